The normalized spacial score (nSPS) is 10.7. The lowest BCUT2D eigenvalue weighted by atomic mass is 10.1. The van der Waals surface area contributed by atoms with E-state index < -0.39 is 0 Å². The zero-order chi connectivity index (χ0) is 10.3. The van der Waals surface area contributed by atoms with Crippen molar-refractivity contribution >= 4 is 16.7 Å². The van der Waals surface area contributed by atoms with Crippen LogP contribution in [0.25, 0.3) is 11.0 Å². The molecular weight excluding hydrogens is 178 g/mol. The van der Waals surface area contributed by atoms with Gasteiger partial charge >= 0.3 is 5.63 Å². The number of rotatable bonds is 0. The van der Waals surface area contributed by atoms with Crippen LogP contribution in [-0.4, -0.2) is 0 Å². The third kappa shape index (κ3) is 1.18. The third-order valence-corrected chi connectivity index (χ3v) is 2.48. The highest BCUT2D eigenvalue weighted by molar-refractivity contribution is 5.83. The molecule has 2 rings (SSSR count). The van der Waals surface area contributed by atoms with E-state index in [0.717, 1.165) is 10.9 Å². The Morgan fingerprint density at radius 3 is 2.64 bits per heavy atom. The number of benzene rings is 1. The van der Waals surface area contributed by atoms with Gasteiger partial charge in [0.1, 0.15) is 5.58 Å². The maximum atomic E-state index is 11.4. The molecule has 2 aromatic rings. The minimum atomic E-state index is -0.291. The Morgan fingerprint density at radius 1 is 1.21 bits per heavy atom. The van der Waals surface area contributed by atoms with E-state index >= 15 is 0 Å². The first-order chi connectivity index (χ1) is 6.59. The van der Waals surface area contributed by atoms with Crippen molar-refractivity contribution in [3.8, 4) is 0 Å². The molecule has 1 aromatic heterocycles. The molecule has 3 nitrogen and oxygen atoms in total. The number of anilines is 1. The number of nitrogen functional groups attached to an aromatic ring is 1. The molecule has 0 aliphatic heterocycles. The first kappa shape index (κ1) is 8.81. The SMILES string of the molecule is Cc1c(C)c2ccc(N)cc2oc1=O. The number of fused-ring (bicyclic) bond motifs is 1. The van der Waals surface area contributed by atoms with Crippen molar-refractivity contribution in [1.82, 2.24) is 0 Å². The van der Waals surface area contributed by atoms with E-state index in [4.69, 9.17) is 10.2 Å². The minimum Gasteiger partial charge on any atom is -0.422 e. The summed E-state index contributed by atoms with van der Waals surface area (Å²) in [4.78, 5) is 11.4. The van der Waals surface area contributed by atoms with Gasteiger partial charge in [-0.25, -0.2) is 4.79 Å². The van der Waals surface area contributed by atoms with Crippen molar-refractivity contribution in [3.05, 3.63) is 39.7 Å². The van der Waals surface area contributed by atoms with E-state index in [1.165, 1.54) is 0 Å². The summed E-state index contributed by atoms with van der Waals surface area (Å²) in [5.74, 6) is 0. The Bertz CT molecular complexity index is 555. The van der Waals surface area contributed by atoms with Crippen LogP contribution in [0.5, 0.6) is 0 Å². The lowest BCUT2D eigenvalue weighted by molar-refractivity contribution is 0.554. The number of hydrogen-bond donors (Lipinski definition) is 1. The van der Waals surface area contributed by atoms with Gasteiger partial charge in [-0.15, -0.1) is 0 Å². The van der Waals surface area contributed by atoms with E-state index in [-0.39, 0.29) is 5.63 Å². The molecule has 0 fully saturated rings. The van der Waals surface area contributed by atoms with Crippen LogP contribution in [0.1, 0.15) is 11.1 Å². The summed E-state index contributed by atoms with van der Waals surface area (Å²) < 4.78 is 5.12. The summed E-state index contributed by atoms with van der Waals surface area (Å²) in [6, 6.07) is 5.34. The lowest BCUT2D eigenvalue weighted by Crippen LogP contribution is -2.05. The molecule has 0 amide bonds. The molecule has 0 saturated heterocycles. The summed E-state index contributed by atoms with van der Waals surface area (Å²) in [6.45, 7) is 3.67. The molecular formula is C11H11NO2. The molecule has 0 atom stereocenters. The Labute approximate surface area is 81.1 Å². The average Bonchev–Trinajstić information content (AvgIpc) is 2.14. The predicted molar refractivity (Wildman–Crippen MR) is 56.4 cm³/mol. The molecule has 14 heavy (non-hydrogen) atoms. The summed E-state index contributed by atoms with van der Waals surface area (Å²) in [5.41, 5.74) is 8.07. The van der Waals surface area contributed by atoms with Gasteiger partial charge < -0.3 is 10.2 Å². The number of nitrogens with two attached hydrogens (primary N) is 1. The summed E-state index contributed by atoms with van der Waals surface area (Å²) >= 11 is 0. The van der Waals surface area contributed by atoms with Crippen LogP contribution in [-0.2, 0) is 0 Å². The van der Waals surface area contributed by atoms with Crippen molar-refractivity contribution in [2.24, 2.45) is 0 Å². The topological polar surface area (TPSA) is 56.2 Å². The molecule has 0 bridgehead atoms. The van der Waals surface area contributed by atoms with Gasteiger partial charge in [0.2, 0.25) is 0 Å². The van der Waals surface area contributed by atoms with Gasteiger partial charge in [-0.2, -0.15) is 0 Å². The molecule has 0 spiro atoms. The summed E-state index contributed by atoms with van der Waals surface area (Å²) in [7, 11) is 0. The second-order valence-corrected chi connectivity index (χ2v) is 3.40. The van der Waals surface area contributed by atoms with Gasteiger partial charge in [-0.05, 0) is 31.5 Å². The van der Waals surface area contributed by atoms with Crippen molar-refractivity contribution in [3.63, 3.8) is 0 Å². The van der Waals surface area contributed by atoms with Crippen LogP contribution in [0.4, 0.5) is 5.69 Å². The highest BCUT2D eigenvalue weighted by atomic mass is 16.4. The fourth-order valence-electron chi connectivity index (χ4n) is 1.46. The number of aryl methyl sites for hydroxylation is 1. The van der Waals surface area contributed by atoms with Crippen LogP contribution in [0.15, 0.2) is 27.4 Å². The van der Waals surface area contributed by atoms with Crippen molar-refractivity contribution in [2.45, 2.75) is 13.8 Å². The van der Waals surface area contributed by atoms with Gasteiger partial charge in [0, 0.05) is 22.7 Å². The molecule has 0 aliphatic rings. The molecule has 0 saturated carbocycles. The van der Waals surface area contributed by atoms with Crippen LogP contribution in [0.3, 0.4) is 0 Å². The molecule has 72 valence electrons. The Morgan fingerprint density at radius 2 is 1.93 bits per heavy atom. The molecule has 0 radical (unpaired) electrons. The lowest BCUT2D eigenvalue weighted by Gasteiger charge is -2.03. The van der Waals surface area contributed by atoms with E-state index in [1.807, 2.05) is 13.0 Å². The standard InChI is InChI=1S/C11H11NO2/c1-6-7(2)11(13)14-10-5-8(12)3-4-9(6)10/h3-5H,12H2,1-2H3. The quantitative estimate of drug-likeness (QED) is 0.509. The predicted octanol–water partition coefficient (Wildman–Crippen LogP) is 1.99. The second kappa shape index (κ2) is 2.87. The second-order valence-electron chi connectivity index (χ2n) is 3.40. The molecule has 2 N–H and O–H groups in total. The maximum absolute atomic E-state index is 11.4. The van der Waals surface area contributed by atoms with Crippen LogP contribution < -0.4 is 11.4 Å². The fourth-order valence-corrected chi connectivity index (χ4v) is 1.46. The average molecular weight is 189 g/mol. The van der Waals surface area contributed by atoms with Gasteiger partial charge in [-0.1, -0.05) is 0 Å². The fraction of sp³-hybridized carbons (Fsp3) is 0.182. The monoisotopic (exact) mass is 189 g/mol. The van der Waals surface area contributed by atoms with E-state index in [1.54, 1.807) is 19.1 Å². The highest BCUT2D eigenvalue weighted by Crippen LogP contribution is 2.20. The maximum Gasteiger partial charge on any atom is 0.339 e. The van der Waals surface area contributed by atoms with E-state index in [2.05, 4.69) is 0 Å². The van der Waals surface area contributed by atoms with Gasteiger partial charge in [0.05, 0.1) is 0 Å². The summed E-state index contributed by atoms with van der Waals surface area (Å²) in [5, 5.41) is 0.941. The van der Waals surface area contributed by atoms with Crippen LogP contribution in [0, 0.1) is 13.8 Å². The van der Waals surface area contributed by atoms with E-state index in [9.17, 15) is 4.79 Å². The molecule has 3 heteroatoms. The Hall–Kier alpha value is -1.77. The highest BCUT2D eigenvalue weighted by Gasteiger charge is 2.06. The molecule has 1 aromatic carbocycles. The molecule has 0 aliphatic carbocycles. The van der Waals surface area contributed by atoms with Gasteiger partial charge in [-0.3, -0.25) is 0 Å². The first-order valence-corrected chi connectivity index (χ1v) is 4.39. The first-order valence-electron chi connectivity index (χ1n) is 4.39. The summed E-state index contributed by atoms with van der Waals surface area (Å²) in [6.07, 6.45) is 0. The Balaban J connectivity index is 2.98. The Kier molecular flexibility index (Phi) is 1.81. The molecule has 0 unspecified atom stereocenters. The number of hydrogen-bond acceptors (Lipinski definition) is 3. The van der Waals surface area contributed by atoms with Crippen molar-refractivity contribution in [1.29, 1.82) is 0 Å². The van der Waals surface area contributed by atoms with Crippen molar-refractivity contribution < 1.29 is 4.42 Å². The van der Waals surface area contributed by atoms with Gasteiger partial charge in [0.25, 0.3) is 0 Å². The zero-order valence-electron chi connectivity index (χ0n) is 8.13. The zero-order valence-corrected chi connectivity index (χ0v) is 8.13. The van der Waals surface area contributed by atoms with Gasteiger partial charge in [0.15, 0.2) is 0 Å². The largest absolute Gasteiger partial charge is 0.422 e. The van der Waals surface area contributed by atoms with Crippen LogP contribution >= 0.6 is 0 Å². The molecule has 1 heterocycles. The smallest absolute Gasteiger partial charge is 0.339 e. The minimum absolute atomic E-state index is 0.291. The van der Waals surface area contributed by atoms with Crippen LogP contribution in [0.2, 0.25) is 0 Å². The third-order valence-electron chi connectivity index (χ3n) is 2.48. The van der Waals surface area contributed by atoms with Crippen molar-refractivity contribution in [2.75, 3.05) is 5.73 Å². The van der Waals surface area contributed by atoms with E-state index in [0.29, 0.717) is 16.8 Å².